The molecule has 1 aromatic heterocycles. The summed E-state index contributed by atoms with van der Waals surface area (Å²) in [6.45, 7) is 0.439. The third-order valence-corrected chi connectivity index (χ3v) is 6.25. The van der Waals surface area contributed by atoms with Crippen LogP contribution in [0.2, 0.25) is 0 Å². The minimum Gasteiger partial charge on any atom is -0.481 e. The average Bonchev–Trinajstić information content (AvgIpc) is 3.31. The van der Waals surface area contributed by atoms with Gasteiger partial charge in [0.25, 0.3) is 5.91 Å². The van der Waals surface area contributed by atoms with Crippen LogP contribution < -0.4 is 5.32 Å². The molecule has 2 heterocycles. The average molecular weight is 395 g/mol. The maximum Gasteiger partial charge on any atom is 0.324 e. The van der Waals surface area contributed by atoms with E-state index in [2.05, 4.69) is 5.32 Å². The van der Waals surface area contributed by atoms with E-state index >= 15 is 0 Å². The lowest BCUT2D eigenvalue weighted by Gasteiger charge is -2.30. The van der Waals surface area contributed by atoms with Gasteiger partial charge in [-0.15, -0.1) is 0 Å². The molecule has 1 saturated heterocycles. The minimum absolute atomic E-state index is 0.0755. The van der Waals surface area contributed by atoms with Gasteiger partial charge >= 0.3 is 11.0 Å². The van der Waals surface area contributed by atoms with Gasteiger partial charge in [-0.25, -0.2) is 0 Å². The van der Waals surface area contributed by atoms with Gasteiger partial charge in [0.1, 0.15) is 6.04 Å². The van der Waals surface area contributed by atoms with Gasteiger partial charge in [-0.3, -0.25) is 24.5 Å². The topological polar surface area (TPSA) is 130 Å². The van der Waals surface area contributed by atoms with Gasteiger partial charge in [-0.1, -0.05) is 11.3 Å². The summed E-state index contributed by atoms with van der Waals surface area (Å²) in [5, 5.41) is 22.7. The quantitative estimate of drug-likeness (QED) is 0.579. The van der Waals surface area contributed by atoms with Crippen LogP contribution >= 0.6 is 11.3 Å². The van der Waals surface area contributed by atoms with Crippen molar-refractivity contribution in [1.82, 2.24) is 10.2 Å². The van der Waals surface area contributed by atoms with E-state index in [0.29, 0.717) is 45.1 Å². The van der Waals surface area contributed by atoms with E-state index in [4.69, 9.17) is 5.11 Å². The van der Waals surface area contributed by atoms with Crippen molar-refractivity contribution in [3.05, 3.63) is 27.1 Å². The Bertz CT molecular complexity index is 756. The maximum atomic E-state index is 12.7. The number of hydrogen-bond donors (Lipinski definition) is 2. The van der Waals surface area contributed by atoms with E-state index in [0.717, 1.165) is 11.3 Å². The number of aliphatic carboxylic acids is 1. The Morgan fingerprint density at radius 1 is 1.19 bits per heavy atom. The number of thiophene rings is 1. The number of likely N-dealkylation sites (tertiary alicyclic amines) is 1. The number of nitro groups is 1. The summed E-state index contributed by atoms with van der Waals surface area (Å²) in [6.07, 6.45) is 3.54. The highest BCUT2D eigenvalue weighted by Gasteiger charge is 2.37. The van der Waals surface area contributed by atoms with E-state index in [1.165, 1.54) is 17.0 Å². The number of carboxylic acid groups (broad SMARTS) is 1. The van der Waals surface area contributed by atoms with Crippen molar-refractivity contribution in [2.45, 2.75) is 50.6 Å². The fourth-order valence-corrected chi connectivity index (χ4v) is 4.52. The lowest BCUT2D eigenvalue weighted by atomic mass is 9.86. The van der Waals surface area contributed by atoms with Crippen molar-refractivity contribution in [3.63, 3.8) is 0 Å². The molecule has 27 heavy (non-hydrogen) atoms. The molecule has 3 rings (SSSR count). The second-order valence-corrected chi connectivity index (χ2v) is 8.01. The SMILES string of the molecule is O=C(O)C1CCC(NC(=O)C2CCCN2C(=O)c2ccc([N+](=O)[O-])s2)CC1. The zero-order chi connectivity index (χ0) is 19.6. The van der Waals surface area contributed by atoms with Crippen LogP contribution in [0, 0.1) is 16.0 Å². The van der Waals surface area contributed by atoms with Crippen LogP contribution in [0.4, 0.5) is 5.00 Å². The summed E-state index contributed by atoms with van der Waals surface area (Å²) >= 11 is 0.811. The number of hydrogen-bond acceptors (Lipinski definition) is 6. The van der Waals surface area contributed by atoms with Crippen molar-refractivity contribution in [1.29, 1.82) is 0 Å². The highest BCUT2D eigenvalue weighted by atomic mass is 32.1. The van der Waals surface area contributed by atoms with Gasteiger partial charge < -0.3 is 15.3 Å². The van der Waals surface area contributed by atoms with Gasteiger partial charge in [0.15, 0.2) is 0 Å². The molecule has 0 bridgehead atoms. The van der Waals surface area contributed by atoms with Crippen LogP contribution in [-0.2, 0) is 9.59 Å². The third kappa shape index (κ3) is 4.26. The number of carbonyl (C=O) groups is 3. The van der Waals surface area contributed by atoms with Gasteiger partial charge in [0, 0.05) is 18.7 Å². The molecular formula is C17H21N3O6S. The molecule has 9 nitrogen and oxygen atoms in total. The smallest absolute Gasteiger partial charge is 0.324 e. The summed E-state index contributed by atoms with van der Waals surface area (Å²) in [5.74, 6) is -1.74. The number of carboxylic acids is 1. The molecule has 1 aliphatic heterocycles. The van der Waals surface area contributed by atoms with Crippen LogP contribution in [0.5, 0.6) is 0 Å². The molecule has 2 fully saturated rings. The van der Waals surface area contributed by atoms with Gasteiger partial charge in [0.2, 0.25) is 5.91 Å². The van der Waals surface area contributed by atoms with Crippen LogP contribution in [0.25, 0.3) is 0 Å². The number of carbonyl (C=O) groups excluding carboxylic acids is 2. The lowest BCUT2D eigenvalue weighted by Crippen LogP contribution is -2.49. The Morgan fingerprint density at radius 2 is 1.89 bits per heavy atom. The first-order valence-electron chi connectivity index (χ1n) is 8.95. The van der Waals surface area contributed by atoms with Crippen molar-refractivity contribution in [3.8, 4) is 0 Å². The Hall–Kier alpha value is -2.49. The van der Waals surface area contributed by atoms with Gasteiger partial charge in [0.05, 0.1) is 15.7 Å². The van der Waals surface area contributed by atoms with E-state index in [1.54, 1.807) is 0 Å². The van der Waals surface area contributed by atoms with Crippen LogP contribution in [0.15, 0.2) is 12.1 Å². The maximum absolute atomic E-state index is 12.7. The molecule has 2 aliphatic rings. The third-order valence-electron chi connectivity index (χ3n) is 5.22. The van der Waals surface area contributed by atoms with Crippen molar-refractivity contribution < 1.29 is 24.4 Å². The fourth-order valence-electron chi connectivity index (χ4n) is 3.75. The monoisotopic (exact) mass is 395 g/mol. The van der Waals surface area contributed by atoms with Crippen LogP contribution in [-0.4, -0.2) is 51.3 Å². The largest absolute Gasteiger partial charge is 0.481 e. The van der Waals surface area contributed by atoms with E-state index in [-0.39, 0.29) is 33.7 Å². The summed E-state index contributed by atoms with van der Waals surface area (Å²) in [6, 6.07) is 2.06. The minimum atomic E-state index is -0.794. The highest BCUT2D eigenvalue weighted by Crippen LogP contribution is 2.29. The fraction of sp³-hybridized carbons (Fsp3) is 0.588. The molecule has 2 N–H and O–H groups in total. The normalized spacial score (nSPS) is 25.2. The summed E-state index contributed by atoms with van der Waals surface area (Å²) < 4.78 is 0. The van der Waals surface area contributed by atoms with Crippen molar-refractivity contribution in [2.75, 3.05) is 6.54 Å². The number of amides is 2. The first-order chi connectivity index (χ1) is 12.9. The second kappa shape index (κ2) is 8.03. The summed E-state index contributed by atoms with van der Waals surface area (Å²) in [4.78, 5) is 48.4. The molecule has 10 heteroatoms. The Labute approximate surface area is 159 Å². The molecule has 1 atom stereocenters. The Kier molecular flexibility index (Phi) is 5.73. The van der Waals surface area contributed by atoms with Crippen LogP contribution in [0.3, 0.4) is 0 Å². The predicted octanol–water partition coefficient (Wildman–Crippen LogP) is 2.02. The van der Waals surface area contributed by atoms with E-state index < -0.39 is 16.9 Å². The zero-order valence-corrected chi connectivity index (χ0v) is 15.4. The standard InChI is InChI=1S/C17H21N3O6S/c21-15(18-11-5-3-10(4-6-11)17(23)24)12-2-1-9-19(12)16(22)13-7-8-14(27-13)20(25)26/h7-8,10-12H,1-6,9H2,(H,18,21)(H,23,24). The van der Waals surface area contributed by atoms with E-state index in [9.17, 15) is 24.5 Å². The second-order valence-electron chi connectivity index (χ2n) is 6.95. The number of nitrogens with zero attached hydrogens (tertiary/aromatic N) is 2. The molecule has 1 unspecified atom stereocenters. The van der Waals surface area contributed by atoms with Crippen molar-refractivity contribution >= 4 is 34.1 Å². The van der Waals surface area contributed by atoms with Gasteiger partial charge in [-0.05, 0) is 44.6 Å². The number of rotatable bonds is 5. The molecule has 146 valence electrons. The molecule has 1 aliphatic carbocycles. The Balaban J connectivity index is 1.60. The van der Waals surface area contributed by atoms with E-state index in [1.807, 2.05) is 0 Å². The molecule has 2 amide bonds. The first-order valence-corrected chi connectivity index (χ1v) is 9.77. The molecule has 0 spiro atoms. The molecule has 0 aromatic carbocycles. The van der Waals surface area contributed by atoms with Gasteiger partial charge in [-0.2, -0.15) is 0 Å². The molecule has 1 saturated carbocycles. The predicted molar refractivity (Wildman–Crippen MR) is 96.6 cm³/mol. The number of nitrogens with one attached hydrogen (secondary N) is 1. The zero-order valence-electron chi connectivity index (χ0n) is 14.6. The lowest BCUT2D eigenvalue weighted by molar-refractivity contribution is -0.380. The van der Waals surface area contributed by atoms with Crippen LogP contribution in [0.1, 0.15) is 48.2 Å². The first kappa shape index (κ1) is 19.3. The molecular weight excluding hydrogens is 374 g/mol. The highest BCUT2D eigenvalue weighted by molar-refractivity contribution is 7.17. The van der Waals surface area contributed by atoms with Crippen molar-refractivity contribution in [2.24, 2.45) is 5.92 Å². The summed E-state index contributed by atoms with van der Waals surface area (Å²) in [7, 11) is 0. The summed E-state index contributed by atoms with van der Waals surface area (Å²) in [5.41, 5.74) is 0. The molecule has 0 radical (unpaired) electrons. The Morgan fingerprint density at radius 3 is 2.48 bits per heavy atom. The molecule has 1 aromatic rings.